The van der Waals surface area contributed by atoms with Crippen molar-refractivity contribution in [1.82, 2.24) is 0 Å². The van der Waals surface area contributed by atoms with Crippen molar-refractivity contribution in [3.05, 3.63) is 48.0 Å². The maximum Gasteiger partial charge on any atom is 0.143 e. The van der Waals surface area contributed by atoms with Gasteiger partial charge in [0.15, 0.2) is 0 Å². The lowest BCUT2D eigenvalue weighted by Crippen LogP contribution is -2.44. The molecule has 20 heavy (non-hydrogen) atoms. The SMILES string of the molecule is C=CC[C@]1(C(C#N)C#N)c2ccccc2CC[C@@H]1CC. The van der Waals surface area contributed by atoms with Gasteiger partial charge in [-0.05, 0) is 36.3 Å². The zero-order chi connectivity index (χ0) is 14.6. The Morgan fingerprint density at radius 2 is 2.10 bits per heavy atom. The summed E-state index contributed by atoms with van der Waals surface area (Å²) in [4.78, 5) is 0. The molecule has 2 heteroatoms. The van der Waals surface area contributed by atoms with Crippen LogP contribution >= 0.6 is 0 Å². The molecule has 0 bridgehead atoms. The smallest absolute Gasteiger partial charge is 0.143 e. The van der Waals surface area contributed by atoms with Crippen LogP contribution in [0.15, 0.2) is 36.9 Å². The van der Waals surface area contributed by atoms with Crippen molar-refractivity contribution in [2.75, 3.05) is 0 Å². The minimum Gasteiger partial charge on any atom is -0.197 e. The lowest BCUT2D eigenvalue weighted by molar-refractivity contribution is 0.198. The van der Waals surface area contributed by atoms with Gasteiger partial charge in [-0.2, -0.15) is 10.5 Å². The van der Waals surface area contributed by atoms with E-state index in [2.05, 4.69) is 37.8 Å². The number of hydrogen-bond acceptors (Lipinski definition) is 2. The first-order valence-electron chi connectivity index (χ1n) is 7.23. The van der Waals surface area contributed by atoms with Crippen LogP contribution < -0.4 is 0 Å². The largest absolute Gasteiger partial charge is 0.197 e. The summed E-state index contributed by atoms with van der Waals surface area (Å²) < 4.78 is 0. The predicted molar refractivity (Wildman–Crippen MR) is 79.8 cm³/mol. The van der Waals surface area contributed by atoms with E-state index in [9.17, 15) is 10.5 Å². The first kappa shape index (κ1) is 14.4. The van der Waals surface area contributed by atoms with Crippen LogP contribution in [-0.2, 0) is 11.8 Å². The Bertz CT molecular complexity index is 562. The summed E-state index contributed by atoms with van der Waals surface area (Å²) in [7, 11) is 0. The van der Waals surface area contributed by atoms with E-state index in [1.807, 2.05) is 18.2 Å². The molecule has 0 aromatic heterocycles. The Morgan fingerprint density at radius 1 is 1.40 bits per heavy atom. The molecule has 0 heterocycles. The van der Waals surface area contributed by atoms with E-state index in [0.717, 1.165) is 19.3 Å². The minimum absolute atomic E-state index is 0.361. The maximum absolute atomic E-state index is 9.50. The normalized spacial score (nSPS) is 24.5. The van der Waals surface area contributed by atoms with E-state index in [4.69, 9.17) is 0 Å². The standard InChI is InChI=1S/C18H20N2/c1-3-11-18(16(12-19)13-20)15(4-2)10-9-14-7-5-6-8-17(14)18/h3,5-8,15-16H,1,4,9-11H2,2H3/t15-,18-/m0/s1. The molecule has 0 amide bonds. The highest BCUT2D eigenvalue weighted by molar-refractivity contribution is 5.42. The molecular formula is C18H20N2. The number of hydrogen-bond donors (Lipinski definition) is 0. The molecule has 0 fully saturated rings. The molecule has 1 aromatic carbocycles. The molecule has 102 valence electrons. The van der Waals surface area contributed by atoms with Gasteiger partial charge in [0, 0.05) is 5.41 Å². The molecular weight excluding hydrogens is 244 g/mol. The van der Waals surface area contributed by atoms with Gasteiger partial charge in [-0.15, -0.1) is 6.58 Å². The average molecular weight is 264 g/mol. The molecule has 0 saturated carbocycles. The molecule has 2 rings (SSSR count). The molecule has 0 saturated heterocycles. The molecule has 0 unspecified atom stereocenters. The third-order valence-corrected chi connectivity index (χ3v) is 4.76. The van der Waals surface area contributed by atoms with Gasteiger partial charge in [-0.1, -0.05) is 43.7 Å². The number of fused-ring (bicyclic) bond motifs is 1. The van der Waals surface area contributed by atoms with Gasteiger partial charge < -0.3 is 0 Å². The van der Waals surface area contributed by atoms with Crippen molar-refractivity contribution in [2.24, 2.45) is 11.8 Å². The Kier molecular flexibility index (Phi) is 4.26. The van der Waals surface area contributed by atoms with Gasteiger partial charge >= 0.3 is 0 Å². The monoisotopic (exact) mass is 264 g/mol. The van der Waals surface area contributed by atoms with Crippen LogP contribution in [0.25, 0.3) is 0 Å². The van der Waals surface area contributed by atoms with Crippen LogP contribution in [-0.4, -0.2) is 0 Å². The highest BCUT2D eigenvalue weighted by Gasteiger charge is 2.48. The molecule has 0 N–H and O–H groups in total. The highest BCUT2D eigenvalue weighted by Crippen LogP contribution is 2.50. The summed E-state index contributed by atoms with van der Waals surface area (Å²) in [5.74, 6) is -0.258. The molecule has 0 aliphatic heterocycles. The second-order valence-electron chi connectivity index (χ2n) is 5.53. The van der Waals surface area contributed by atoms with Crippen LogP contribution in [0.5, 0.6) is 0 Å². The summed E-state index contributed by atoms with van der Waals surface area (Å²) in [6, 6.07) is 12.8. The van der Waals surface area contributed by atoms with E-state index < -0.39 is 11.3 Å². The molecule has 2 atom stereocenters. The summed E-state index contributed by atoms with van der Waals surface area (Å²) in [6.07, 6.45) is 5.63. The molecule has 1 aliphatic rings. The number of allylic oxidation sites excluding steroid dienone is 1. The van der Waals surface area contributed by atoms with E-state index in [0.29, 0.717) is 12.3 Å². The van der Waals surface area contributed by atoms with Crippen LogP contribution in [0, 0.1) is 34.5 Å². The van der Waals surface area contributed by atoms with E-state index in [1.165, 1.54) is 11.1 Å². The number of rotatable bonds is 4. The fourth-order valence-electron chi connectivity index (χ4n) is 3.85. The fraction of sp³-hybridized carbons (Fsp3) is 0.444. The molecule has 1 aromatic rings. The lowest BCUT2D eigenvalue weighted by atomic mass is 9.55. The van der Waals surface area contributed by atoms with Gasteiger partial charge in [0.05, 0.1) is 12.1 Å². The first-order valence-corrected chi connectivity index (χ1v) is 7.23. The summed E-state index contributed by atoms with van der Waals surface area (Å²) in [6.45, 7) is 6.03. The summed E-state index contributed by atoms with van der Waals surface area (Å²) in [5.41, 5.74) is 2.08. The number of aryl methyl sites for hydroxylation is 1. The highest BCUT2D eigenvalue weighted by atomic mass is 14.5. The van der Waals surface area contributed by atoms with Crippen molar-refractivity contribution in [3.8, 4) is 12.1 Å². The third kappa shape index (κ3) is 2.02. The zero-order valence-electron chi connectivity index (χ0n) is 12.0. The molecule has 0 radical (unpaired) electrons. The van der Waals surface area contributed by atoms with Gasteiger partial charge in [0.2, 0.25) is 0 Å². The Balaban J connectivity index is 2.70. The molecule has 1 aliphatic carbocycles. The molecule has 0 spiro atoms. The topological polar surface area (TPSA) is 47.6 Å². The average Bonchev–Trinajstić information content (AvgIpc) is 2.49. The van der Waals surface area contributed by atoms with Gasteiger partial charge in [-0.25, -0.2) is 0 Å². The Labute approximate surface area is 121 Å². The lowest BCUT2D eigenvalue weighted by Gasteiger charge is -2.46. The number of benzene rings is 1. The second kappa shape index (κ2) is 5.93. The number of nitriles is 2. The Hall–Kier alpha value is -2.06. The van der Waals surface area contributed by atoms with Crippen molar-refractivity contribution in [2.45, 2.75) is 38.0 Å². The van der Waals surface area contributed by atoms with E-state index in [1.54, 1.807) is 0 Å². The van der Waals surface area contributed by atoms with Crippen molar-refractivity contribution < 1.29 is 0 Å². The van der Waals surface area contributed by atoms with Crippen LogP contribution in [0.4, 0.5) is 0 Å². The van der Waals surface area contributed by atoms with Gasteiger partial charge in [-0.3, -0.25) is 0 Å². The quantitative estimate of drug-likeness (QED) is 0.767. The Morgan fingerprint density at radius 3 is 2.70 bits per heavy atom. The summed E-state index contributed by atoms with van der Waals surface area (Å²) in [5, 5.41) is 19.0. The minimum atomic E-state index is -0.619. The van der Waals surface area contributed by atoms with E-state index >= 15 is 0 Å². The van der Waals surface area contributed by atoms with Crippen LogP contribution in [0.3, 0.4) is 0 Å². The third-order valence-electron chi connectivity index (χ3n) is 4.76. The van der Waals surface area contributed by atoms with Gasteiger partial charge in [0.25, 0.3) is 0 Å². The van der Waals surface area contributed by atoms with Gasteiger partial charge in [0.1, 0.15) is 5.92 Å². The van der Waals surface area contributed by atoms with Crippen molar-refractivity contribution in [1.29, 1.82) is 10.5 Å². The van der Waals surface area contributed by atoms with Crippen LogP contribution in [0.2, 0.25) is 0 Å². The van der Waals surface area contributed by atoms with Crippen molar-refractivity contribution >= 4 is 0 Å². The fourth-order valence-corrected chi connectivity index (χ4v) is 3.85. The second-order valence-corrected chi connectivity index (χ2v) is 5.53. The maximum atomic E-state index is 9.50. The number of nitrogens with zero attached hydrogens (tertiary/aromatic N) is 2. The molecule has 2 nitrogen and oxygen atoms in total. The van der Waals surface area contributed by atoms with Crippen molar-refractivity contribution in [3.63, 3.8) is 0 Å². The van der Waals surface area contributed by atoms with E-state index in [-0.39, 0.29) is 0 Å². The van der Waals surface area contributed by atoms with Crippen LogP contribution in [0.1, 0.15) is 37.3 Å². The predicted octanol–water partition coefficient (Wildman–Crippen LogP) is 4.14. The first-order chi connectivity index (χ1) is 9.74. The zero-order valence-corrected chi connectivity index (χ0v) is 12.0. The summed E-state index contributed by atoms with van der Waals surface area (Å²) >= 11 is 0.